The van der Waals surface area contributed by atoms with Crippen molar-refractivity contribution in [2.75, 3.05) is 19.1 Å². The first-order chi connectivity index (χ1) is 9.02. The molecule has 0 aliphatic heterocycles. The molecule has 1 aliphatic carbocycles. The first-order valence-electron chi connectivity index (χ1n) is 6.75. The number of likely N-dealkylation sites (N-methyl/N-ethyl adjacent to an activating group) is 1. The Balaban J connectivity index is 2.24. The first-order valence-corrected chi connectivity index (χ1v) is 6.75. The number of aryl methyl sites for hydroxylation is 2. The molecule has 0 aromatic heterocycles. The van der Waals surface area contributed by atoms with Gasteiger partial charge in [0.2, 0.25) is 0 Å². The summed E-state index contributed by atoms with van der Waals surface area (Å²) in [4.78, 5) is 2.36. The number of methoxy groups -OCH3 is 1. The smallest absolute Gasteiger partial charge is 0.114 e. The zero-order valence-corrected chi connectivity index (χ0v) is 12.5. The second-order valence-corrected chi connectivity index (χ2v) is 5.35. The van der Waals surface area contributed by atoms with Crippen LogP contribution in [-0.4, -0.2) is 20.2 Å². The molecule has 0 fully saturated rings. The van der Waals surface area contributed by atoms with Gasteiger partial charge in [-0.3, -0.25) is 0 Å². The summed E-state index contributed by atoms with van der Waals surface area (Å²) in [5.41, 5.74) is 5.29. The van der Waals surface area contributed by atoms with Gasteiger partial charge >= 0.3 is 0 Å². The Morgan fingerprint density at radius 2 is 1.95 bits per heavy atom. The van der Waals surface area contributed by atoms with Gasteiger partial charge in [0.1, 0.15) is 5.76 Å². The quantitative estimate of drug-likeness (QED) is 0.812. The summed E-state index contributed by atoms with van der Waals surface area (Å²) in [6, 6.07) is 7.05. The van der Waals surface area contributed by atoms with Gasteiger partial charge in [-0.05, 0) is 56.5 Å². The van der Waals surface area contributed by atoms with E-state index in [1.165, 1.54) is 22.4 Å². The van der Waals surface area contributed by atoms with Crippen LogP contribution in [0.25, 0.3) is 0 Å². The lowest BCUT2D eigenvalue weighted by Gasteiger charge is -2.33. The number of ether oxygens (including phenoxy) is 1. The summed E-state index contributed by atoms with van der Waals surface area (Å²) in [5, 5.41) is 0. The summed E-state index contributed by atoms with van der Waals surface area (Å²) in [5.74, 6) is 0.975. The molecule has 0 amide bonds. The second-order valence-electron chi connectivity index (χ2n) is 5.35. The molecule has 1 aromatic rings. The molecule has 0 N–H and O–H groups in total. The van der Waals surface area contributed by atoms with E-state index in [0.717, 1.165) is 12.2 Å². The number of hydrogen-bond acceptors (Lipinski definition) is 2. The lowest BCUT2D eigenvalue weighted by molar-refractivity contribution is 0.301. The maximum Gasteiger partial charge on any atom is 0.114 e. The Labute approximate surface area is 116 Å². The zero-order chi connectivity index (χ0) is 14.0. The van der Waals surface area contributed by atoms with Crippen molar-refractivity contribution in [1.82, 2.24) is 0 Å². The van der Waals surface area contributed by atoms with Gasteiger partial charge in [0, 0.05) is 12.7 Å². The van der Waals surface area contributed by atoms with Gasteiger partial charge in [-0.2, -0.15) is 0 Å². The predicted octanol–water partition coefficient (Wildman–Crippen LogP) is 3.99. The molecule has 0 spiro atoms. The van der Waals surface area contributed by atoms with Crippen LogP contribution >= 0.6 is 0 Å². The Morgan fingerprint density at radius 1 is 1.21 bits per heavy atom. The van der Waals surface area contributed by atoms with E-state index >= 15 is 0 Å². The fourth-order valence-corrected chi connectivity index (χ4v) is 2.77. The highest BCUT2D eigenvalue weighted by Gasteiger charge is 2.20. The van der Waals surface area contributed by atoms with Crippen molar-refractivity contribution >= 4 is 5.69 Å². The zero-order valence-electron chi connectivity index (χ0n) is 12.5. The third kappa shape index (κ3) is 2.83. The van der Waals surface area contributed by atoms with Gasteiger partial charge in [0.05, 0.1) is 13.2 Å². The van der Waals surface area contributed by atoms with Crippen molar-refractivity contribution in [2.45, 2.75) is 33.2 Å². The van der Waals surface area contributed by atoms with Crippen molar-refractivity contribution in [3.63, 3.8) is 0 Å². The van der Waals surface area contributed by atoms with Crippen molar-refractivity contribution in [3.05, 3.63) is 52.8 Å². The van der Waals surface area contributed by atoms with Crippen LogP contribution in [0.15, 0.2) is 41.7 Å². The highest BCUT2D eigenvalue weighted by molar-refractivity contribution is 5.56. The molecule has 0 radical (unpaired) electrons. The van der Waals surface area contributed by atoms with Crippen LogP contribution in [0.5, 0.6) is 0 Å². The Hall–Kier alpha value is -1.70. The standard InChI is InChI=1S/C17H23NO/c1-12-6-8-16(13(2)10-12)18(4)17-9-7-15(19-5)11-14(17)3/h6-8,10-11,17H,9H2,1-5H3. The van der Waals surface area contributed by atoms with Crippen LogP contribution < -0.4 is 4.90 Å². The van der Waals surface area contributed by atoms with Crippen LogP contribution in [0.4, 0.5) is 5.69 Å². The van der Waals surface area contributed by atoms with Gasteiger partial charge < -0.3 is 9.64 Å². The Morgan fingerprint density at radius 3 is 2.53 bits per heavy atom. The molecule has 19 heavy (non-hydrogen) atoms. The van der Waals surface area contributed by atoms with E-state index in [9.17, 15) is 0 Å². The summed E-state index contributed by atoms with van der Waals surface area (Å²) in [6.07, 6.45) is 5.29. The molecule has 1 unspecified atom stereocenters. The first kappa shape index (κ1) is 13.7. The van der Waals surface area contributed by atoms with Crippen LogP contribution in [0.1, 0.15) is 24.5 Å². The predicted molar refractivity (Wildman–Crippen MR) is 81.6 cm³/mol. The summed E-state index contributed by atoms with van der Waals surface area (Å²) in [7, 11) is 3.90. The van der Waals surface area contributed by atoms with Crippen molar-refractivity contribution < 1.29 is 4.74 Å². The topological polar surface area (TPSA) is 12.5 Å². The van der Waals surface area contributed by atoms with Crippen molar-refractivity contribution in [3.8, 4) is 0 Å². The molecule has 1 atom stereocenters. The van der Waals surface area contributed by atoms with E-state index in [4.69, 9.17) is 4.74 Å². The molecule has 0 saturated heterocycles. The summed E-state index contributed by atoms with van der Waals surface area (Å²) >= 11 is 0. The number of benzene rings is 1. The molecule has 2 heteroatoms. The van der Waals surface area contributed by atoms with E-state index < -0.39 is 0 Å². The maximum atomic E-state index is 5.30. The Kier molecular flexibility index (Phi) is 3.98. The number of nitrogens with zero attached hydrogens (tertiary/aromatic N) is 1. The highest BCUT2D eigenvalue weighted by Crippen LogP contribution is 2.28. The average Bonchev–Trinajstić information content (AvgIpc) is 2.37. The number of hydrogen-bond donors (Lipinski definition) is 0. The fourth-order valence-electron chi connectivity index (χ4n) is 2.77. The van der Waals surface area contributed by atoms with Crippen molar-refractivity contribution in [1.29, 1.82) is 0 Å². The fraction of sp³-hybridized carbons (Fsp3) is 0.412. The summed E-state index contributed by atoms with van der Waals surface area (Å²) < 4.78 is 5.30. The van der Waals surface area contributed by atoms with Crippen molar-refractivity contribution in [2.24, 2.45) is 0 Å². The van der Waals surface area contributed by atoms with Gasteiger partial charge in [-0.1, -0.05) is 17.7 Å². The third-order valence-corrected chi connectivity index (χ3v) is 3.87. The molecule has 1 aliphatic rings. The molecule has 0 bridgehead atoms. The van der Waals surface area contributed by atoms with Gasteiger partial charge in [-0.15, -0.1) is 0 Å². The average molecular weight is 257 g/mol. The van der Waals surface area contributed by atoms with E-state index in [-0.39, 0.29) is 0 Å². The van der Waals surface area contributed by atoms with E-state index in [1.807, 2.05) is 0 Å². The van der Waals surface area contributed by atoms with E-state index in [1.54, 1.807) is 7.11 Å². The molecular formula is C17H23NO. The van der Waals surface area contributed by atoms with Crippen LogP contribution in [0.3, 0.4) is 0 Å². The molecule has 2 nitrogen and oxygen atoms in total. The van der Waals surface area contributed by atoms with Gasteiger partial charge in [-0.25, -0.2) is 0 Å². The third-order valence-electron chi connectivity index (χ3n) is 3.87. The Bertz CT molecular complexity index is 528. The number of anilines is 1. The van der Waals surface area contributed by atoms with Crippen LogP contribution in [-0.2, 0) is 4.74 Å². The van der Waals surface area contributed by atoms with E-state index in [0.29, 0.717) is 6.04 Å². The van der Waals surface area contributed by atoms with Crippen LogP contribution in [0.2, 0.25) is 0 Å². The molecular weight excluding hydrogens is 234 g/mol. The molecule has 102 valence electrons. The molecule has 1 aromatic carbocycles. The SMILES string of the molecule is COC1=CCC(N(C)c2ccc(C)cc2C)C(C)=C1. The minimum absolute atomic E-state index is 0.417. The van der Waals surface area contributed by atoms with Crippen LogP contribution in [0, 0.1) is 13.8 Å². The minimum atomic E-state index is 0.417. The molecule has 2 rings (SSSR count). The molecule has 0 saturated carbocycles. The minimum Gasteiger partial charge on any atom is -0.497 e. The van der Waals surface area contributed by atoms with Gasteiger partial charge in [0.15, 0.2) is 0 Å². The normalized spacial score (nSPS) is 18.7. The largest absolute Gasteiger partial charge is 0.497 e. The monoisotopic (exact) mass is 257 g/mol. The molecule has 0 heterocycles. The second kappa shape index (κ2) is 5.52. The highest BCUT2D eigenvalue weighted by atomic mass is 16.5. The lowest BCUT2D eigenvalue weighted by Crippen LogP contribution is -2.34. The summed E-state index contributed by atoms with van der Waals surface area (Å²) in [6.45, 7) is 6.49. The lowest BCUT2D eigenvalue weighted by atomic mass is 9.97. The number of allylic oxidation sites excluding steroid dienone is 1. The van der Waals surface area contributed by atoms with Gasteiger partial charge in [0.25, 0.3) is 0 Å². The van der Waals surface area contributed by atoms with E-state index in [2.05, 4.69) is 63.1 Å². The number of rotatable bonds is 3. The maximum absolute atomic E-state index is 5.30.